The van der Waals surface area contributed by atoms with Crippen molar-refractivity contribution < 1.29 is 38.1 Å². The third kappa shape index (κ3) is 7.84. The minimum atomic E-state index is -1.17. The zero-order chi connectivity index (χ0) is 27.9. The van der Waals surface area contributed by atoms with E-state index in [9.17, 15) is 14.4 Å². The first-order valence-corrected chi connectivity index (χ1v) is 12.5. The average Bonchev–Trinajstić information content (AvgIpc) is 3.18. The lowest BCUT2D eigenvalue weighted by atomic mass is 9.97. The van der Waals surface area contributed by atoms with Crippen molar-refractivity contribution in [3.8, 4) is 0 Å². The Morgan fingerprint density at radius 2 is 1.29 bits per heavy atom. The summed E-state index contributed by atoms with van der Waals surface area (Å²) in [5, 5.41) is 0. The van der Waals surface area contributed by atoms with Crippen LogP contribution in [0.1, 0.15) is 52.7 Å². The molecule has 0 aromatic heterocycles. The summed E-state index contributed by atoms with van der Waals surface area (Å²) in [4.78, 5) is 38.3. The molecule has 8 heteroatoms. The number of esters is 3. The molecule has 0 N–H and O–H groups in total. The van der Waals surface area contributed by atoms with Gasteiger partial charge in [0.25, 0.3) is 0 Å². The number of ether oxygens (including phenoxy) is 5. The van der Waals surface area contributed by atoms with Crippen molar-refractivity contribution in [2.24, 2.45) is 10.8 Å². The molecule has 0 bridgehead atoms. The molecule has 0 radical (unpaired) electrons. The van der Waals surface area contributed by atoms with Gasteiger partial charge >= 0.3 is 17.9 Å². The second-order valence-corrected chi connectivity index (χ2v) is 11.1. The summed E-state index contributed by atoms with van der Waals surface area (Å²) < 4.78 is 28.8. The van der Waals surface area contributed by atoms with Crippen molar-refractivity contribution in [2.75, 3.05) is 6.61 Å². The molecule has 1 heterocycles. The minimum absolute atomic E-state index is 0.0771. The van der Waals surface area contributed by atoms with Crippen LogP contribution in [0.15, 0.2) is 72.2 Å². The average molecular weight is 525 g/mol. The van der Waals surface area contributed by atoms with Crippen molar-refractivity contribution in [3.05, 3.63) is 83.3 Å². The highest BCUT2D eigenvalue weighted by molar-refractivity contribution is 5.90. The second kappa shape index (κ2) is 12.2. The first kappa shape index (κ1) is 28.8. The van der Waals surface area contributed by atoms with E-state index in [1.54, 1.807) is 41.5 Å². The largest absolute Gasteiger partial charge is 0.485 e. The number of cyclic esters (lactones) is 1. The van der Waals surface area contributed by atoms with Crippen molar-refractivity contribution in [2.45, 2.75) is 67.0 Å². The molecule has 38 heavy (non-hydrogen) atoms. The lowest BCUT2D eigenvalue weighted by Crippen LogP contribution is -2.41. The highest BCUT2D eigenvalue weighted by atomic mass is 16.6. The van der Waals surface area contributed by atoms with Gasteiger partial charge in [-0.3, -0.25) is 9.59 Å². The molecule has 0 spiro atoms. The molecule has 0 fully saturated rings. The summed E-state index contributed by atoms with van der Waals surface area (Å²) in [7, 11) is 0. The predicted molar refractivity (Wildman–Crippen MR) is 139 cm³/mol. The van der Waals surface area contributed by atoms with E-state index in [4.69, 9.17) is 23.7 Å². The van der Waals surface area contributed by atoms with E-state index in [1.165, 1.54) is 0 Å². The highest BCUT2D eigenvalue weighted by Gasteiger charge is 2.46. The van der Waals surface area contributed by atoms with Gasteiger partial charge in [0.1, 0.15) is 19.8 Å². The monoisotopic (exact) mass is 524 g/mol. The third-order valence-electron chi connectivity index (χ3n) is 5.56. The summed E-state index contributed by atoms with van der Waals surface area (Å²) in [6.07, 6.45) is -2.32. The molecule has 2 aromatic rings. The molecule has 2 atom stereocenters. The van der Waals surface area contributed by atoms with E-state index in [0.29, 0.717) is 0 Å². The highest BCUT2D eigenvalue weighted by Crippen LogP contribution is 2.32. The van der Waals surface area contributed by atoms with Gasteiger partial charge in [-0.1, -0.05) is 60.7 Å². The summed E-state index contributed by atoms with van der Waals surface area (Å²) >= 11 is 0. The van der Waals surface area contributed by atoms with Crippen LogP contribution in [0, 0.1) is 10.8 Å². The predicted octanol–water partition coefficient (Wildman–Crippen LogP) is 5.10. The summed E-state index contributed by atoms with van der Waals surface area (Å²) in [6, 6.07) is 18.7. The first-order valence-electron chi connectivity index (χ1n) is 12.5. The topological polar surface area (TPSA) is 97.4 Å². The molecular weight excluding hydrogens is 488 g/mol. The van der Waals surface area contributed by atoms with Gasteiger partial charge in [0.15, 0.2) is 11.9 Å². The molecule has 0 saturated heterocycles. The van der Waals surface area contributed by atoms with Gasteiger partial charge in [0.2, 0.25) is 11.9 Å². The number of hydrogen-bond donors (Lipinski definition) is 0. The van der Waals surface area contributed by atoms with Gasteiger partial charge in [-0.05, 0) is 52.7 Å². The molecule has 204 valence electrons. The zero-order valence-electron chi connectivity index (χ0n) is 22.8. The quantitative estimate of drug-likeness (QED) is 0.313. The van der Waals surface area contributed by atoms with E-state index in [-0.39, 0.29) is 31.3 Å². The summed E-state index contributed by atoms with van der Waals surface area (Å²) in [5.41, 5.74) is 0.0598. The molecule has 8 nitrogen and oxygen atoms in total. The van der Waals surface area contributed by atoms with Gasteiger partial charge in [-0.25, -0.2) is 4.79 Å². The molecule has 1 aliphatic rings. The summed E-state index contributed by atoms with van der Waals surface area (Å²) in [6.45, 7) is 10.1. The lowest BCUT2D eigenvalue weighted by Gasteiger charge is -2.28. The van der Waals surface area contributed by atoms with Crippen LogP contribution < -0.4 is 0 Å². The van der Waals surface area contributed by atoms with Crippen LogP contribution in [0.25, 0.3) is 0 Å². The van der Waals surface area contributed by atoms with Crippen molar-refractivity contribution in [1.82, 2.24) is 0 Å². The van der Waals surface area contributed by atoms with E-state index >= 15 is 0 Å². The van der Waals surface area contributed by atoms with Crippen molar-refractivity contribution in [3.63, 3.8) is 0 Å². The van der Waals surface area contributed by atoms with Crippen LogP contribution in [-0.2, 0) is 51.3 Å². The normalized spacial score (nSPS) is 16.5. The fourth-order valence-electron chi connectivity index (χ4n) is 3.31. The molecule has 3 rings (SSSR count). The van der Waals surface area contributed by atoms with Crippen LogP contribution in [0.2, 0.25) is 0 Å². The Hall–Kier alpha value is -3.81. The van der Waals surface area contributed by atoms with Gasteiger partial charge < -0.3 is 23.7 Å². The minimum Gasteiger partial charge on any atom is -0.485 e. The molecule has 0 amide bonds. The van der Waals surface area contributed by atoms with Gasteiger partial charge in [-0.2, -0.15) is 0 Å². The molecule has 2 aromatic carbocycles. The number of carbonyl (C=O) groups is 3. The number of hydrogen-bond acceptors (Lipinski definition) is 8. The van der Waals surface area contributed by atoms with Crippen LogP contribution in [0.5, 0.6) is 0 Å². The van der Waals surface area contributed by atoms with Gasteiger partial charge in [0, 0.05) is 0 Å². The smallest absolute Gasteiger partial charge is 0.378 e. The number of benzene rings is 2. The number of carbonyl (C=O) groups excluding carboxylic acids is 3. The van der Waals surface area contributed by atoms with Gasteiger partial charge in [-0.15, -0.1) is 0 Å². The number of rotatable bonds is 10. The maximum Gasteiger partial charge on any atom is 0.378 e. The van der Waals surface area contributed by atoms with E-state index in [2.05, 4.69) is 0 Å². The molecule has 0 saturated carbocycles. The molecular formula is C30H36O8. The van der Waals surface area contributed by atoms with Crippen molar-refractivity contribution in [1.29, 1.82) is 0 Å². The Morgan fingerprint density at radius 3 is 1.79 bits per heavy atom. The Balaban J connectivity index is 1.92. The SMILES string of the molecule is CC(C)(C)C(=O)OCC(OC(=O)C(C)(C)C)C1OC(=O)C(OCc2ccccc2)=C1OCc1ccccc1. The lowest BCUT2D eigenvalue weighted by molar-refractivity contribution is -0.179. The second-order valence-electron chi connectivity index (χ2n) is 11.1. The Labute approximate surface area is 223 Å². The van der Waals surface area contributed by atoms with Gasteiger partial charge in [0.05, 0.1) is 10.8 Å². The molecule has 1 aliphatic heterocycles. The van der Waals surface area contributed by atoms with Crippen LogP contribution >= 0.6 is 0 Å². The molecule has 0 aliphatic carbocycles. The van der Waals surface area contributed by atoms with Crippen LogP contribution in [0.4, 0.5) is 0 Å². The first-order chi connectivity index (χ1) is 17.9. The van der Waals surface area contributed by atoms with Crippen LogP contribution in [-0.4, -0.2) is 36.7 Å². The standard InChI is InChI=1S/C30H36O8/c1-29(2,3)27(32)36-19-22(37-28(33)30(4,5)6)23-24(34-17-20-13-9-7-10-14-20)25(26(31)38-23)35-18-21-15-11-8-12-16-21/h7-16,22-23H,17-19H2,1-6H3. The van der Waals surface area contributed by atoms with E-state index in [0.717, 1.165) is 11.1 Å². The fourth-order valence-corrected chi connectivity index (χ4v) is 3.31. The third-order valence-corrected chi connectivity index (χ3v) is 5.56. The Morgan fingerprint density at radius 1 is 0.789 bits per heavy atom. The van der Waals surface area contributed by atoms with E-state index in [1.807, 2.05) is 60.7 Å². The van der Waals surface area contributed by atoms with E-state index < -0.39 is 40.9 Å². The summed E-state index contributed by atoms with van der Waals surface area (Å²) in [5.74, 6) is -1.84. The maximum absolute atomic E-state index is 13.0. The Kier molecular flexibility index (Phi) is 9.20. The van der Waals surface area contributed by atoms with Crippen LogP contribution in [0.3, 0.4) is 0 Å². The Bertz CT molecular complexity index is 1140. The maximum atomic E-state index is 13.0. The fraction of sp³-hybridized carbons (Fsp3) is 0.433. The zero-order valence-corrected chi connectivity index (χ0v) is 22.8. The van der Waals surface area contributed by atoms with Crippen molar-refractivity contribution >= 4 is 17.9 Å². The molecule has 2 unspecified atom stereocenters.